The van der Waals surface area contributed by atoms with Gasteiger partial charge in [-0.1, -0.05) is 38.7 Å². The van der Waals surface area contributed by atoms with Crippen LogP contribution < -0.4 is 4.72 Å². The minimum atomic E-state index is -4.69. The molecule has 1 atom stereocenters. The van der Waals surface area contributed by atoms with Crippen LogP contribution in [0.5, 0.6) is 0 Å². The molecule has 8 nitrogen and oxygen atoms in total. The van der Waals surface area contributed by atoms with E-state index in [0.29, 0.717) is 12.0 Å². The van der Waals surface area contributed by atoms with Crippen molar-refractivity contribution in [2.24, 2.45) is 0 Å². The SMILES string of the molecule is CCCCCCCS(=O)(=O)NC(COP(=O)(O)O)c1cccnc1. The first-order valence-corrected chi connectivity index (χ1v) is 11.0. The molecule has 1 aromatic rings. The molecule has 1 rings (SSSR count). The van der Waals surface area contributed by atoms with Gasteiger partial charge in [0.15, 0.2) is 0 Å². The number of nitrogens with zero attached hydrogens (tertiary/aromatic N) is 1. The maximum atomic E-state index is 12.2. The molecular weight excluding hydrogens is 355 g/mol. The van der Waals surface area contributed by atoms with Crippen LogP contribution in [-0.2, 0) is 19.1 Å². The van der Waals surface area contributed by atoms with E-state index in [1.165, 1.54) is 12.4 Å². The second kappa shape index (κ2) is 10.2. The predicted octanol–water partition coefficient (Wildman–Crippen LogP) is 2.12. The molecule has 24 heavy (non-hydrogen) atoms. The van der Waals surface area contributed by atoms with Crippen molar-refractivity contribution in [1.82, 2.24) is 9.71 Å². The van der Waals surface area contributed by atoms with E-state index in [-0.39, 0.29) is 5.75 Å². The van der Waals surface area contributed by atoms with Crippen molar-refractivity contribution >= 4 is 17.8 Å². The quantitative estimate of drug-likeness (QED) is 0.374. The van der Waals surface area contributed by atoms with E-state index in [1.54, 1.807) is 12.1 Å². The normalized spacial score (nSPS) is 13.8. The molecule has 0 aliphatic heterocycles. The molecule has 0 saturated carbocycles. The van der Waals surface area contributed by atoms with Crippen LogP contribution in [0.25, 0.3) is 0 Å². The van der Waals surface area contributed by atoms with Crippen molar-refractivity contribution in [1.29, 1.82) is 0 Å². The third-order valence-corrected chi connectivity index (χ3v) is 5.29. The average molecular weight is 380 g/mol. The Bertz CT molecular complexity index is 619. The van der Waals surface area contributed by atoms with Crippen LogP contribution in [-0.4, -0.2) is 35.5 Å². The molecular formula is C14H25N2O6PS. The second-order valence-corrected chi connectivity index (χ2v) is 8.59. The lowest BCUT2D eigenvalue weighted by Gasteiger charge is -2.19. The van der Waals surface area contributed by atoms with Gasteiger partial charge in [0.2, 0.25) is 10.0 Å². The summed E-state index contributed by atoms with van der Waals surface area (Å²) in [6.07, 6.45) is 7.44. The monoisotopic (exact) mass is 380 g/mol. The van der Waals surface area contributed by atoms with Gasteiger partial charge in [-0.3, -0.25) is 9.51 Å². The Labute approximate surface area is 142 Å². The van der Waals surface area contributed by atoms with Crippen LogP contribution in [0.4, 0.5) is 0 Å². The number of hydrogen-bond acceptors (Lipinski definition) is 5. The van der Waals surface area contributed by atoms with E-state index < -0.39 is 30.5 Å². The number of phosphoric acid groups is 1. The number of aromatic nitrogens is 1. The van der Waals surface area contributed by atoms with E-state index in [2.05, 4.69) is 21.2 Å². The van der Waals surface area contributed by atoms with Gasteiger partial charge in [0, 0.05) is 12.4 Å². The number of unbranched alkanes of at least 4 members (excludes halogenated alkanes) is 4. The molecule has 0 aromatic carbocycles. The molecule has 0 aliphatic carbocycles. The lowest BCUT2D eigenvalue weighted by Crippen LogP contribution is -2.33. The number of phosphoric ester groups is 1. The van der Waals surface area contributed by atoms with Gasteiger partial charge in [0.05, 0.1) is 18.4 Å². The largest absolute Gasteiger partial charge is 0.469 e. The van der Waals surface area contributed by atoms with Crippen LogP contribution in [0.1, 0.15) is 50.6 Å². The third-order valence-electron chi connectivity index (χ3n) is 3.33. The van der Waals surface area contributed by atoms with Crippen molar-refractivity contribution in [3.05, 3.63) is 30.1 Å². The fourth-order valence-corrected chi connectivity index (χ4v) is 3.81. The molecule has 0 aliphatic rings. The first-order valence-electron chi connectivity index (χ1n) is 7.83. The van der Waals surface area contributed by atoms with E-state index >= 15 is 0 Å². The average Bonchev–Trinajstić information content (AvgIpc) is 2.51. The molecule has 0 radical (unpaired) electrons. The van der Waals surface area contributed by atoms with E-state index in [4.69, 9.17) is 9.79 Å². The molecule has 10 heteroatoms. The summed E-state index contributed by atoms with van der Waals surface area (Å²) in [4.78, 5) is 21.6. The summed E-state index contributed by atoms with van der Waals surface area (Å²) in [5, 5.41) is 0. The lowest BCUT2D eigenvalue weighted by atomic mass is 10.1. The molecule has 3 N–H and O–H groups in total. The number of hydrogen-bond donors (Lipinski definition) is 3. The van der Waals surface area contributed by atoms with Crippen molar-refractivity contribution in [2.75, 3.05) is 12.4 Å². The highest BCUT2D eigenvalue weighted by Gasteiger charge is 2.23. The highest BCUT2D eigenvalue weighted by atomic mass is 32.2. The molecule has 1 heterocycles. The summed E-state index contributed by atoms with van der Waals surface area (Å²) < 4.78 is 42.2. The van der Waals surface area contributed by atoms with E-state index in [0.717, 1.165) is 25.7 Å². The maximum absolute atomic E-state index is 12.2. The van der Waals surface area contributed by atoms with Gasteiger partial charge in [-0.05, 0) is 18.1 Å². The molecule has 0 fully saturated rings. The van der Waals surface area contributed by atoms with Gasteiger partial charge in [-0.15, -0.1) is 0 Å². The van der Waals surface area contributed by atoms with Crippen LogP contribution in [0.2, 0.25) is 0 Å². The zero-order valence-electron chi connectivity index (χ0n) is 13.7. The highest BCUT2D eigenvalue weighted by Crippen LogP contribution is 2.37. The molecule has 0 spiro atoms. The minimum absolute atomic E-state index is 0.0383. The number of pyridine rings is 1. The molecule has 0 bridgehead atoms. The lowest BCUT2D eigenvalue weighted by molar-refractivity contribution is 0.182. The summed E-state index contributed by atoms with van der Waals surface area (Å²) in [6.45, 7) is 1.60. The van der Waals surface area contributed by atoms with Crippen molar-refractivity contribution in [3.8, 4) is 0 Å². The van der Waals surface area contributed by atoms with Gasteiger partial charge in [-0.2, -0.15) is 0 Å². The minimum Gasteiger partial charge on any atom is -0.303 e. The Hall–Kier alpha value is -0.830. The Kier molecular flexibility index (Phi) is 9.04. The standard InChI is InChI=1S/C14H25N2O6PS/c1-2-3-4-5-6-10-24(20,21)16-14(12-22-23(17,18)19)13-8-7-9-15-11-13/h7-9,11,14,16H,2-6,10,12H2,1H3,(H2,17,18,19). The number of sulfonamides is 1. The molecule has 1 aromatic heterocycles. The van der Waals surface area contributed by atoms with E-state index in [1.807, 2.05) is 0 Å². The fourth-order valence-electron chi connectivity index (χ4n) is 2.12. The Morgan fingerprint density at radius 1 is 1.29 bits per heavy atom. The molecule has 0 saturated heterocycles. The van der Waals surface area contributed by atoms with Crippen LogP contribution >= 0.6 is 7.82 Å². The third kappa shape index (κ3) is 9.46. The molecule has 0 amide bonds. The number of rotatable bonds is 12. The summed E-state index contributed by atoms with van der Waals surface area (Å²) in [5.41, 5.74) is 0.473. The fraction of sp³-hybridized carbons (Fsp3) is 0.643. The first-order chi connectivity index (χ1) is 11.2. The van der Waals surface area contributed by atoms with Crippen molar-refractivity contribution in [3.63, 3.8) is 0 Å². The van der Waals surface area contributed by atoms with Gasteiger partial charge >= 0.3 is 7.82 Å². The van der Waals surface area contributed by atoms with Gasteiger partial charge in [0.25, 0.3) is 0 Å². The molecule has 138 valence electrons. The smallest absolute Gasteiger partial charge is 0.303 e. The predicted molar refractivity (Wildman–Crippen MR) is 90.7 cm³/mol. The highest BCUT2D eigenvalue weighted by molar-refractivity contribution is 7.89. The van der Waals surface area contributed by atoms with Crippen molar-refractivity contribution < 1.29 is 27.3 Å². The zero-order chi connectivity index (χ0) is 18.1. The summed E-state index contributed by atoms with van der Waals surface area (Å²) >= 11 is 0. The van der Waals surface area contributed by atoms with Crippen molar-refractivity contribution in [2.45, 2.75) is 45.1 Å². The van der Waals surface area contributed by atoms with Gasteiger partial charge in [0.1, 0.15) is 0 Å². The Balaban J connectivity index is 2.68. The Morgan fingerprint density at radius 3 is 2.58 bits per heavy atom. The van der Waals surface area contributed by atoms with E-state index in [9.17, 15) is 13.0 Å². The zero-order valence-corrected chi connectivity index (χ0v) is 15.4. The summed E-state index contributed by atoms with van der Waals surface area (Å²) in [5.74, 6) is -0.0383. The number of nitrogens with one attached hydrogen (secondary N) is 1. The topological polar surface area (TPSA) is 126 Å². The molecule has 1 unspecified atom stereocenters. The van der Waals surface area contributed by atoms with Crippen LogP contribution in [0, 0.1) is 0 Å². The van der Waals surface area contributed by atoms with Gasteiger partial charge < -0.3 is 9.79 Å². The maximum Gasteiger partial charge on any atom is 0.469 e. The first kappa shape index (κ1) is 21.2. The van der Waals surface area contributed by atoms with Crippen LogP contribution in [0.15, 0.2) is 24.5 Å². The van der Waals surface area contributed by atoms with Crippen LogP contribution in [0.3, 0.4) is 0 Å². The van der Waals surface area contributed by atoms with Gasteiger partial charge in [-0.25, -0.2) is 17.7 Å². The summed E-state index contributed by atoms with van der Waals surface area (Å²) in [7, 11) is -8.29. The second-order valence-electron chi connectivity index (χ2n) is 5.48. The Morgan fingerprint density at radius 2 is 2.00 bits per heavy atom. The summed E-state index contributed by atoms with van der Waals surface area (Å²) in [6, 6.07) is 2.32.